The van der Waals surface area contributed by atoms with Gasteiger partial charge in [-0.3, -0.25) is 4.79 Å². The Morgan fingerprint density at radius 3 is 2.38 bits per heavy atom. The molecule has 0 fully saturated rings. The molecule has 0 aliphatic heterocycles. The molecule has 0 spiro atoms. The summed E-state index contributed by atoms with van der Waals surface area (Å²) in [6.07, 6.45) is 0.917. The highest BCUT2D eigenvalue weighted by molar-refractivity contribution is 7.14. The van der Waals surface area contributed by atoms with Gasteiger partial charge in [0.1, 0.15) is 22.5 Å². The van der Waals surface area contributed by atoms with Gasteiger partial charge in [0.2, 0.25) is 0 Å². The molecule has 0 saturated heterocycles. The van der Waals surface area contributed by atoms with Crippen LogP contribution >= 0.6 is 11.3 Å². The van der Waals surface area contributed by atoms with Crippen LogP contribution in [-0.4, -0.2) is 42.0 Å². The number of furan rings is 1. The SMILES string of the molecule is CCOC(=O)c1sc(CC(=O)/C(C#N)=C/c2ccc(-c3ccccc3C(=O)O)o2)c(C(=O)OCC)c1C. The third kappa shape index (κ3) is 6.02. The number of allylic oxidation sites excluding steroid dienone is 1. The number of esters is 2. The maximum atomic E-state index is 13.0. The molecular weight excluding hydrogens is 498 g/mol. The van der Waals surface area contributed by atoms with Crippen LogP contribution in [-0.2, 0) is 20.7 Å². The molecule has 1 aromatic carbocycles. The smallest absolute Gasteiger partial charge is 0.348 e. The predicted molar refractivity (Wildman–Crippen MR) is 134 cm³/mol. The van der Waals surface area contributed by atoms with Crippen molar-refractivity contribution in [2.45, 2.75) is 27.2 Å². The molecule has 2 aromatic heterocycles. The molecule has 3 aromatic rings. The maximum absolute atomic E-state index is 13.0. The number of carbonyl (C=O) groups excluding carboxylic acids is 3. The summed E-state index contributed by atoms with van der Waals surface area (Å²) < 4.78 is 15.9. The van der Waals surface area contributed by atoms with Crippen LogP contribution in [0.3, 0.4) is 0 Å². The van der Waals surface area contributed by atoms with Crippen LogP contribution in [0.2, 0.25) is 0 Å². The Kier molecular flexibility index (Phi) is 8.77. The first-order valence-corrected chi connectivity index (χ1v) is 12.1. The van der Waals surface area contributed by atoms with Gasteiger partial charge in [-0.1, -0.05) is 18.2 Å². The number of thiophene rings is 1. The standard InChI is InChI=1S/C27H23NO8S/c1-4-34-26(32)23-15(3)24(27(33)35-5-2)37-22(23)13-20(29)16(14-28)12-17-10-11-21(36-17)18-8-6-7-9-19(18)25(30)31/h6-12H,4-5,13H2,1-3H3,(H,30,31)/b16-12+. The zero-order valence-corrected chi connectivity index (χ0v) is 21.1. The second-order valence-electron chi connectivity index (χ2n) is 7.62. The molecule has 0 unspecified atom stereocenters. The highest BCUT2D eigenvalue weighted by Crippen LogP contribution is 2.31. The molecule has 1 N–H and O–H groups in total. The van der Waals surface area contributed by atoms with Gasteiger partial charge in [-0.2, -0.15) is 5.26 Å². The van der Waals surface area contributed by atoms with Crippen molar-refractivity contribution in [2.24, 2.45) is 0 Å². The molecule has 2 heterocycles. The largest absolute Gasteiger partial charge is 0.478 e. The van der Waals surface area contributed by atoms with Crippen molar-refractivity contribution in [3.8, 4) is 17.4 Å². The fourth-order valence-corrected chi connectivity index (χ4v) is 4.76. The third-order valence-corrected chi connectivity index (χ3v) is 6.51. The number of nitrogens with zero attached hydrogens (tertiary/aromatic N) is 1. The summed E-state index contributed by atoms with van der Waals surface area (Å²) in [4.78, 5) is 50.0. The van der Waals surface area contributed by atoms with E-state index in [0.29, 0.717) is 11.1 Å². The number of carboxylic acid groups (broad SMARTS) is 1. The van der Waals surface area contributed by atoms with Crippen LogP contribution in [0.1, 0.15) is 60.4 Å². The number of Topliss-reactive ketones (excluding diaryl/α,β-unsaturated/α-hetero) is 1. The summed E-state index contributed by atoms with van der Waals surface area (Å²) in [6, 6.07) is 11.2. The fraction of sp³-hybridized carbons (Fsp3) is 0.222. The van der Waals surface area contributed by atoms with Crippen molar-refractivity contribution >= 4 is 41.1 Å². The highest BCUT2D eigenvalue weighted by atomic mass is 32.1. The molecule has 0 saturated carbocycles. The number of rotatable bonds is 10. The molecule has 37 heavy (non-hydrogen) atoms. The Morgan fingerprint density at radius 2 is 1.73 bits per heavy atom. The normalized spacial score (nSPS) is 11.0. The van der Waals surface area contributed by atoms with Gasteiger partial charge in [0, 0.05) is 22.9 Å². The van der Waals surface area contributed by atoms with E-state index in [1.165, 1.54) is 18.2 Å². The first-order valence-electron chi connectivity index (χ1n) is 11.3. The zero-order chi connectivity index (χ0) is 27.1. The van der Waals surface area contributed by atoms with Gasteiger partial charge in [0.05, 0.1) is 29.9 Å². The summed E-state index contributed by atoms with van der Waals surface area (Å²) >= 11 is 0.945. The Morgan fingerprint density at radius 1 is 1.05 bits per heavy atom. The lowest BCUT2D eigenvalue weighted by molar-refractivity contribution is -0.114. The lowest BCUT2D eigenvalue weighted by Gasteiger charge is -2.05. The molecule has 0 aliphatic carbocycles. The average molecular weight is 522 g/mol. The van der Waals surface area contributed by atoms with E-state index in [1.807, 2.05) is 6.07 Å². The van der Waals surface area contributed by atoms with Crippen LogP contribution in [0.15, 0.2) is 46.4 Å². The first kappa shape index (κ1) is 27.1. The number of nitriles is 1. The van der Waals surface area contributed by atoms with Gasteiger partial charge in [0.15, 0.2) is 5.78 Å². The van der Waals surface area contributed by atoms with E-state index in [1.54, 1.807) is 45.0 Å². The van der Waals surface area contributed by atoms with Crippen molar-refractivity contribution in [3.63, 3.8) is 0 Å². The molecule has 10 heteroatoms. The quantitative estimate of drug-likeness (QED) is 0.219. The van der Waals surface area contributed by atoms with Gasteiger partial charge in [-0.25, -0.2) is 14.4 Å². The number of benzene rings is 1. The Hall–Kier alpha value is -4.49. The molecular formula is C27H23NO8S. The van der Waals surface area contributed by atoms with Crippen molar-refractivity contribution in [3.05, 3.63) is 74.2 Å². The Bertz CT molecular complexity index is 1440. The van der Waals surface area contributed by atoms with Gasteiger partial charge in [-0.05, 0) is 44.5 Å². The van der Waals surface area contributed by atoms with E-state index < -0.39 is 23.7 Å². The van der Waals surface area contributed by atoms with E-state index in [-0.39, 0.29) is 57.6 Å². The van der Waals surface area contributed by atoms with E-state index in [2.05, 4.69) is 0 Å². The minimum absolute atomic E-state index is 0.0425. The number of carbonyl (C=O) groups is 4. The second-order valence-corrected chi connectivity index (χ2v) is 8.72. The number of ketones is 1. The van der Waals surface area contributed by atoms with Gasteiger partial charge in [-0.15, -0.1) is 11.3 Å². The molecule has 0 radical (unpaired) electrons. The second kappa shape index (κ2) is 12.0. The molecule has 9 nitrogen and oxygen atoms in total. The highest BCUT2D eigenvalue weighted by Gasteiger charge is 2.28. The van der Waals surface area contributed by atoms with Crippen LogP contribution in [0, 0.1) is 18.3 Å². The monoisotopic (exact) mass is 521 g/mol. The molecule has 0 atom stereocenters. The Balaban J connectivity index is 1.93. The first-order chi connectivity index (χ1) is 17.7. The summed E-state index contributed by atoms with van der Waals surface area (Å²) in [5.41, 5.74) is 0.595. The number of hydrogen-bond donors (Lipinski definition) is 1. The Labute approximate surface area is 216 Å². The number of ether oxygens (including phenoxy) is 2. The number of aromatic carboxylic acids is 1. The van der Waals surface area contributed by atoms with Gasteiger partial charge in [0.25, 0.3) is 0 Å². The van der Waals surface area contributed by atoms with Crippen LogP contribution in [0.25, 0.3) is 17.4 Å². The third-order valence-electron chi connectivity index (χ3n) is 5.24. The average Bonchev–Trinajstić information content (AvgIpc) is 3.46. The van der Waals surface area contributed by atoms with Gasteiger partial charge >= 0.3 is 17.9 Å². The molecule has 190 valence electrons. The predicted octanol–water partition coefficient (Wildman–Crippen LogP) is 5.09. The lowest BCUT2D eigenvalue weighted by atomic mass is 10.0. The van der Waals surface area contributed by atoms with Crippen molar-refractivity contribution < 1.29 is 38.2 Å². The fourth-order valence-electron chi connectivity index (χ4n) is 3.58. The molecule has 0 aliphatic rings. The molecule has 0 amide bonds. The zero-order valence-electron chi connectivity index (χ0n) is 20.3. The minimum Gasteiger partial charge on any atom is -0.478 e. The summed E-state index contributed by atoms with van der Waals surface area (Å²) in [6.45, 7) is 5.11. The summed E-state index contributed by atoms with van der Waals surface area (Å²) in [5, 5.41) is 19.0. The van der Waals surface area contributed by atoms with Crippen molar-refractivity contribution in [2.75, 3.05) is 13.2 Å². The van der Waals surface area contributed by atoms with Gasteiger partial charge < -0.3 is 19.0 Å². The van der Waals surface area contributed by atoms with Crippen LogP contribution < -0.4 is 0 Å². The molecule has 0 bridgehead atoms. The number of carboxylic acids is 1. The van der Waals surface area contributed by atoms with E-state index in [0.717, 1.165) is 11.3 Å². The van der Waals surface area contributed by atoms with Crippen LogP contribution in [0.5, 0.6) is 0 Å². The summed E-state index contributed by atoms with van der Waals surface area (Å²) in [7, 11) is 0. The van der Waals surface area contributed by atoms with Crippen molar-refractivity contribution in [1.29, 1.82) is 5.26 Å². The van der Waals surface area contributed by atoms with Crippen molar-refractivity contribution in [1.82, 2.24) is 0 Å². The molecule has 3 rings (SSSR count). The van der Waals surface area contributed by atoms with E-state index in [9.17, 15) is 29.5 Å². The number of hydrogen-bond acceptors (Lipinski definition) is 9. The minimum atomic E-state index is -1.12. The maximum Gasteiger partial charge on any atom is 0.348 e. The van der Waals surface area contributed by atoms with E-state index in [4.69, 9.17) is 13.9 Å². The van der Waals surface area contributed by atoms with Crippen LogP contribution in [0.4, 0.5) is 0 Å². The topological polar surface area (TPSA) is 144 Å². The van der Waals surface area contributed by atoms with E-state index >= 15 is 0 Å². The lowest BCUT2D eigenvalue weighted by Crippen LogP contribution is -2.12. The summed E-state index contributed by atoms with van der Waals surface area (Å²) in [5.74, 6) is -2.59.